The van der Waals surface area contributed by atoms with Crippen molar-refractivity contribution in [1.29, 1.82) is 0 Å². The van der Waals surface area contributed by atoms with Crippen LogP contribution in [0.1, 0.15) is 63.2 Å². The van der Waals surface area contributed by atoms with E-state index in [2.05, 4.69) is 6.58 Å². The number of benzene rings is 2. The first-order valence-electron chi connectivity index (χ1n) is 11.7. The van der Waals surface area contributed by atoms with Gasteiger partial charge in [0.05, 0.1) is 35.6 Å². The maximum absolute atomic E-state index is 12.8. The number of para-hydroxylation sites is 1. The van der Waals surface area contributed by atoms with Crippen molar-refractivity contribution in [1.82, 2.24) is 0 Å². The molecule has 0 amide bonds. The monoisotopic (exact) mass is 490 g/mol. The number of anilines is 2. The minimum Gasteiger partial charge on any atom is -0.507 e. The number of phenols is 1. The lowest BCUT2D eigenvalue weighted by Crippen LogP contribution is -2.15. The highest BCUT2D eigenvalue weighted by Crippen LogP contribution is 2.38. The summed E-state index contributed by atoms with van der Waals surface area (Å²) in [6.07, 6.45) is 9.40. The molecule has 1 aliphatic rings. The molecular weight excluding hydrogens is 460 g/mol. The molecule has 0 unspecified atom stereocenters. The van der Waals surface area contributed by atoms with E-state index >= 15 is 0 Å². The molecule has 1 aliphatic carbocycles. The summed E-state index contributed by atoms with van der Waals surface area (Å²) in [5.74, 6) is -1.66. The van der Waals surface area contributed by atoms with Crippen molar-refractivity contribution in [2.45, 2.75) is 32.1 Å². The summed E-state index contributed by atoms with van der Waals surface area (Å²) in [6, 6.07) is 8.01. The summed E-state index contributed by atoms with van der Waals surface area (Å²) in [5, 5.41) is 10.5. The molecule has 0 radical (unpaired) electrons. The number of unbranched alkanes of at least 4 members (excludes halogenated alkanes) is 3. The number of Topliss-reactive ketones (excluding diaryl/α,β-unsaturated/α-hetero) is 2. The second kappa shape index (κ2) is 12.4. The van der Waals surface area contributed by atoms with Gasteiger partial charge in [-0.2, -0.15) is 0 Å². The van der Waals surface area contributed by atoms with Gasteiger partial charge in [0.25, 0.3) is 0 Å². The van der Waals surface area contributed by atoms with E-state index in [1.165, 1.54) is 12.1 Å². The lowest BCUT2D eigenvalue weighted by molar-refractivity contribution is 0.0498. The largest absolute Gasteiger partial charge is 0.507 e. The van der Waals surface area contributed by atoms with Crippen LogP contribution in [0, 0.1) is 0 Å². The molecule has 0 fully saturated rings. The van der Waals surface area contributed by atoms with E-state index in [1.807, 2.05) is 0 Å². The molecule has 2 aromatic rings. The van der Waals surface area contributed by atoms with Crippen LogP contribution < -0.4 is 16.2 Å². The minimum atomic E-state index is -0.573. The zero-order chi connectivity index (χ0) is 26.1. The maximum Gasteiger partial charge on any atom is 0.340 e. The Hall–Kier alpha value is -4.33. The smallest absolute Gasteiger partial charge is 0.340 e. The number of nitrogen functional groups attached to an aromatic ring is 2. The van der Waals surface area contributed by atoms with Crippen LogP contribution in [0.4, 0.5) is 11.4 Å². The normalized spacial score (nSPS) is 15.2. The fourth-order valence-corrected chi connectivity index (χ4v) is 3.73. The van der Waals surface area contributed by atoms with Crippen LogP contribution in [0.25, 0.3) is 0 Å². The summed E-state index contributed by atoms with van der Waals surface area (Å²) in [4.78, 5) is 37.6. The van der Waals surface area contributed by atoms with Crippen LogP contribution in [0.2, 0.25) is 0 Å². The van der Waals surface area contributed by atoms with Crippen LogP contribution in [-0.4, -0.2) is 35.9 Å². The molecule has 0 heterocycles. The molecule has 0 spiro atoms. The molecule has 0 bridgehead atoms. The number of phenolic OH excluding ortho intramolecular Hbond substituents is 1. The van der Waals surface area contributed by atoms with Gasteiger partial charge in [0.2, 0.25) is 0 Å². The number of fused-ring (bicyclic) bond motifs is 1. The number of aromatic hydroxyl groups is 1. The van der Waals surface area contributed by atoms with Gasteiger partial charge in [0.1, 0.15) is 11.5 Å². The Morgan fingerprint density at radius 2 is 1.72 bits per heavy atom. The van der Waals surface area contributed by atoms with E-state index in [-0.39, 0.29) is 46.9 Å². The Morgan fingerprint density at radius 1 is 1.00 bits per heavy atom. The first-order chi connectivity index (χ1) is 17.3. The third-order valence-corrected chi connectivity index (χ3v) is 5.66. The fourth-order valence-electron chi connectivity index (χ4n) is 3.73. The zero-order valence-electron chi connectivity index (χ0n) is 20.0. The molecule has 8 heteroatoms. The molecule has 3 rings (SSSR count). The van der Waals surface area contributed by atoms with Crippen LogP contribution >= 0.6 is 0 Å². The van der Waals surface area contributed by atoms with Crippen molar-refractivity contribution >= 4 is 28.9 Å². The van der Waals surface area contributed by atoms with Gasteiger partial charge in [-0.15, -0.1) is 0 Å². The van der Waals surface area contributed by atoms with Gasteiger partial charge in [0, 0.05) is 23.7 Å². The molecule has 0 atom stereocenters. The Morgan fingerprint density at radius 3 is 2.47 bits per heavy atom. The zero-order valence-corrected chi connectivity index (χ0v) is 20.0. The van der Waals surface area contributed by atoms with Crippen molar-refractivity contribution in [2.24, 2.45) is 0 Å². The van der Waals surface area contributed by atoms with Gasteiger partial charge >= 0.3 is 5.97 Å². The van der Waals surface area contributed by atoms with Crippen molar-refractivity contribution in [3.63, 3.8) is 0 Å². The van der Waals surface area contributed by atoms with E-state index in [0.29, 0.717) is 30.7 Å². The van der Waals surface area contributed by atoms with Gasteiger partial charge in [-0.1, -0.05) is 43.0 Å². The van der Waals surface area contributed by atoms with Crippen molar-refractivity contribution in [2.75, 3.05) is 24.7 Å². The van der Waals surface area contributed by atoms with Crippen LogP contribution in [-0.2, 0) is 4.74 Å². The van der Waals surface area contributed by atoms with E-state index in [9.17, 15) is 19.5 Å². The van der Waals surface area contributed by atoms with E-state index in [1.54, 1.807) is 42.5 Å². The Labute approximate surface area is 209 Å². The number of allylic oxidation sites excluding steroid dienone is 5. The molecule has 36 heavy (non-hydrogen) atoms. The van der Waals surface area contributed by atoms with Crippen molar-refractivity contribution in [3.8, 4) is 11.5 Å². The number of hydrogen-bond donors (Lipinski definition) is 3. The lowest BCUT2D eigenvalue weighted by atomic mass is 9.91. The average Bonchev–Trinajstić information content (AvgIpc) is 2.85. The number of nitrogens with two attached hydrogens (primary N) is 2. The summed E-state index contributed by atoms with van der Waals surface area (Å²) >= 11 is 0. The number of hydrogen-bond acceptors (Lipinski definition) is 8. The topological polar surface area (TPSA) is 142 Å². The van der Waals surface area contributed by atoms with Crippen molar-refractivity contribution in [3.05, 3.63) is 83.5 Å². The molecule has 8 nitrogen and oxygen atoms in total. The fraction of sp³-hybridized carbons (Fsp3) is 0.250. The second-order valence-corrected chi connectivity index (χ2v) is 8.31. The predicted molar refractivity (Wildman–Crippen MR) is 138 cm³/mol. The van der Waals surface area contributed by atoms with Gasteiger partial charge < -0.3 is 26.0 Å². The number of carbonyl (C=O) groups excluding carboxylic acids is 3. The third kappa shape index (κ3) is 6.41. The Kier molecular flexibility index (Phi) is 9.05. The molecule has 0 aromatic heterocycles. The molecule has 0 saturated carbocycles. The summed E-state index contributed by atoms with van der Waals surface area (Å²) in [7, 11) is 0. The quantitative estimate of drug-likeness (QED) is 0.150. The highest BCUT2D eigenvalue weighted by molar-refractivity contribution is 6.20. The standard InChI is InChI=1S/C28H30N2O6/c1-18-11-5-4-6-14-21(31)24-25(27(18)33)22(32)17-23(26(24)30)35-15-9-2-3-10-16-36-28(34)19-12-7-8-13-20(19)29/h4-8,11-13,17,32H,1-3,9-10,14-16,29-30H2/b6-4-,11-5-. The van der Waals surface area contributed by atoms with Gasteiger partial charge in [0.15, 0.2) is 11.6 Å². The molecule has 2 aromatic carbocycles. The molecule has 0 saturated heterocycles. The number of esters is 1. The molecule has 5 N–H and O–H groups in total. The second-order valence-electron chi connectivity index (χ2n) is 8.31. The summed E-state index contributed by atoms with van der Waals surface area (Å²) in [6.45, 7) is 4.28. The van der Waals surface area contributed by atoms with Crippen molar-refractivity contribution < 1.29 is 29.0 Å². The first kappa shape index (κ1) is 26.3. The predicted octanol–water partition coefficient (Wildman–Crippen LogP) is 4.79. The number of ketones is 2. The van der Waals surface area contributed by atoms with E-state index in [0.717, 1.165) is 12.8 Å². The maximum atomic E-state index is 12.8. The molecular formula is C28H30N2O6. The Bertz CT molecular complexity index is 1230. The van der Waals surface area contributed by atoms with Crippen LogP contribution in [0.5, 0.6) is 11.5 Å². The van der Waals surface area contributed by atoms with Gasteiger partial charge in [-0.3, -0.25) is 9.59 Å². The van der Waals surface area contributed by atoms with E-state index in [4.69, 9.17) is 20.9 Å². The van der Waals surface area contributed by atoms with Crippen LogP contribution in [0.15, 0.2) is 66.8 Å². The SMILES string of the molecule is C=C1/C=C\C=C/CC(=O)c2c(N)c(OCCCCCCOC(=O)c3ccccc3N)cc(O)c2C1=O. The average molecular weight is 491 g/mol. The van der Waals surface area contributed by atoms with Crippen LogP contribution in [0.3, 0.4) is 0 Å². The summed E-state index contributed by atoms with van der Waals surface area (Å²) < 4.78 is 11.0. The highest BCUT2D eigenvalue weighted by Gasteiger charge is 2.27. The highest BCUT2D eigenvalue weighted by atomic mass is 16.5. The first-order valence-corrected chi connectivity index (χ1v) is 11.7. The van der Waals surface area contributed by atoms with Gasteiger partial charge in [-0.05, 0) is 37.8 Å². The summed E-state index contributed by atoms with van der Waals surface area (Å²) in [5.41, 5.74) is 12.6. The number of ether oxygens (including phenoxy) is 2. The number of rotatable bonds is 9. The third-order valence-electron chi connectivity index (χ3n) is 5.66. The molecule has 0 aliphatic heterocycles. The number of carbonyl (C=O) groups is 3. The van der Waals surface area contributed by atoms with E-state index < -0.39 is 17.5 Å². The molecule has 188 valence electrons. The Balaban J connectivity index is 1.52. The van der Waals surface area contributed by atoms with Gasteiger partial charge in [-0.25, -0.2) is 4.79 Å². The minimum absolute atomic E-state index is 0.0130. The lowest BCUT2D eigenvalue weighted by Gasteiger charge is -2.17.